The molecule has 1 aromatic heterocycles. The zero-order chi connectivity index (χ0) is 20.9. The first-order valence-corrected chi connectivity index (χ1v) is 8.85. The number of nitrogens with one attached hydrogen (secondary N) is 1. The molecule has 3 rings (SSSR count). The lowest BCUT2D eigenvalue weighted by molar-refractivity contribution is -0.274. The van der Waals surface area contributed by atoms with Crippen LogP contribution in [0.2, 0.25) is 5.28 Å². The third-order valence-electron chi connectivity index (χ3n) is 3.81. The van der Waals surface area contributed by atoms with Crippen molar-refractivity contribution in [3.8, 4) is 5.75 Å². The average Bonchev–Trinajstić information content (AvgIpc) is 2.64. The zero-order valence-electron chi connectivity index (χ0n) is 14.9. The van der Waals surface area contributed by atoms with Crippen molar-refractivity contribution < 1.29 is 22.7 Å². The molecule has 0 spiro atoms. The fourth-order valence-corrected chi connectivity index (χ4v) is 2.73. The second kappa shape index (κ2) is 8.91. The first-order valence-electron chi connectivity index (χ1n) is 8.48. The van der Waals surface area contributed by atoms with E-state index < -0.39 is 6.36 Å². The second-order valence-corrected chi connectivity index (χ2v) is 6.45. The minimum absolute atomic E-state index is 0.0576. The molecule has 0 bridgehead atoms. The van der Waals surface area contributed by atoms with E-state index in [-0.39, 0.29) is 29.7 Å². The van der Waals surface area contributed by atoms with E-state index in [1.807, 2.05) is 24.3 Å². The Morgan fingerprint density at radius 3 is 2.10 bits per heavy atom. The SMILES string of the molecule is O=C(Cc1ccc(Nc2ccnc(Cl)n2)cc1)Cc1ccc(OC(F)(F)F)cc1. The van der Waals surface area contributed by atoms with Gasteiger partial charge in [-0.1, -0.05) is 24.3 Å². The fourth-order valence-electron chi connectivity index (χ4n) is 2.59. The van der Waals surface area contributed by atoms with Crippen LogP contribution in [-0.2, 0) is 17.6 Å². The molecule has 0 aliphatic rings. The monoisotopic (exact) mass is 421 g/mol. The number of ketones is 1. The van der Waals surface area contributed by atoms with Gasteiger partial charge in [0.25, 0.3) is 0 Å². The van der Waals surface area contributed by atoms with Gasteiger partial charge < -0.3 is 10.1 Å². The standard InChI is InChI=1S/C20H15ClF3N3O2/c21-19-25-10-9-18(27-19)26-15-5-1-13(2-6-15)11-16(28)12-14-3-7-17(8-4-14)29-20(22,23)24/h1-10H,11-12H2,(H,25,26,27). The van der Waals surface area contributed by atoms with Crippen LogP contribution >= 0.6 is 11.6 Å². The lowest BCUT2D eigenvalue weighted by atomic mass is 10.0. The van der Waals surface area contributed by atoms with Crippen LogP contribution in [0.5, 0.6) is 5.75 Å². The number of carbonyl (C=O) groups excluding carboxylic acids is 1. The van der Waals surface area contributed by atoms with Crippen molar-refractivity contribution in [2.75, 3.05) is 5.32 Å². The molecule has 1 N–H and O–H groups in total. The maximum atomic E-state index is 12.3. The Kier molecular flexibility index (Phi) is 6.33. The van der Waals surface area contributed by atoms with Crippen molar-refractivity contribution in [2.24, 2.45) is 0 Å². The molecule has 0 unspecified atom stereocenters. The number of alkyl halides is 3. The summed E-state index contributed by atoms with van der Waals surface area (Å²) in [6, 6.07) is 14.2. The Morgan fingerprint density at radius 2 is 1.55 bits per heavy atom. The molecule has 0 aliphatic carbocycles. The van der Waals surface area contributed by atoms with Crippen LogP contribution in [0.4, 0.5) is 24.7 Å². The largest absolute Gasteiger partial charge is 0.573 e. The summed E-state index contributed by atoms with van der Waals surface area (Å²) in [6.07, 6.45) is -2.88. The van der Waals surface area contributed by atoms with Crippen LogP contribution in [0.3, 0.4) is 0 Å². The number of Topliss-reactive ketones (excluding diaryl/α,β-unsaturated/α-hetero) is 1. The number of hydrogen-bond acceptors (Lipinski definition) is 5. The van der Waals surface area contributed by atoms with Crippen molar-refractivity contribution in [3.63, 3.8) is 0 Å². The molecule has 9 heteroatoms. The molecule has 0 fully saturated rings. The molecular formula is C20H15ClF3N3O2. The highest BCUT2D eigenvalue weighted by Gasteiger charge is 2.30. The van der Waals surface area contributed by atoms with Crippen molar-refractivity contribution in [2.45, 2.75) is 19.2 Å². The summed E-state index contributed by atoms with van der Waals surface area (Å²) >= 11 is 5.74. The maximum Gasteiger partial charge on any atom is 0.573 e. The predicted octanol–water partition coefficient (Wildman–Crippen LogP) is 5.13. The van der Waals surface area contributed by atoms with Crippen molar-refractivity contribution in [1.29, 1.82) is 0 Å². The smallest absolute Gasteiger partial charge is 0.406 e. The number of rotatable bonds is 7. The van der Waals surface area contributed by atoms with Crippen molar-refractivity contribution in [1.82, 2.24) is 9.97 Å². The Balaban J connectivity index is 1.54. The third-order valence-corrected chi connectivity index (χ3v) is 3.99. The molecule has 3 aromatic rings. The van der Waals surface area contributed by atoms with E-state index in [0.29, 0.717) is 11.4 Å². The Bertz CT molecular complexity index is 978. The molecule has 0 saturated carbocycles. The summed E-state index contributed by atoms with van der Waals surface area (Å²) in [4.78, 5) is 20.1. The molecular weight excluding hydrogens is 407 g/mol. The van der Waals surface area contributed by atoms with Crippen molar-refractivity contribution in [3.05, 3.63) is 77.2 Å². The van der Waals surface area contributed by atoms with Gasteiger partial charge in [-0.25, -0.2) is 9.97 Å². The highest BCUT2D eigenvalue weighted by atomic mass is 35.5. The van der Waals surface area contributed by atoms with Gasteiger partial charge in [0.15, 0.2) is 0 Å². The molecule has 0 atom stereocenters. The predicted molar refractivity (Wildman–Crippen MR) is 102 cm³/mol. The molecule has 0 aliphatic heterocycles. The minimum Gasteiger partial charge on any atom is -0.406 e. The van der Waals surface area contributed by atoms with Crippen LogP contribution in [0.1, 0.15) is 11.1 Å². The van der Waals surface area contributed by atoms with E-state index >= 15 is 0 Å². The van der Waals surface area contributed by atoms with Gasteiger partial charge in [0.2, 0.25) is 5.28 Å². The van der Waals surface area contributed by atoms with Gasteiger partial charge in [-0.15, -0.1) is 13.2 Å². The summed E-state index contributed by atoms with van der Waals surface area (Å²) in [6.45, 7) is 0. The summed E-state index contributed by atoms with van der Waals surface area (Å²) in [5.74, 6) is 0.173. The van der Waals surface area contributed by atoms with Crippen LogP contribution < -0.4 is 10.1 Å². The molecule has 5 nitrogen and oxygen atoms in total. The van der Waals surface area contributed by atoms with Crippen molar-refractivity contribution >= 4 is 28.9 Å². The Hall–Kier alpha value is -3.13. The van der Waals surface area contributed by atoms with Crippen LogP contribution in [0.25, 0.3) is 0 Å². The highest BCUT2D eigenvalue weighted by molar-refractivity contribution is 6.28. The molecule has 0 amide bonds. The van der Waals surface area contributed by atoms with Gasteiger partial charge in [-0.3, -0.25) is 4.79 Å². The molecule has 150 valence electrons. The van der Waals surface area contributed by atoms with Crippen LogP contribution in [-0.4, -0.2) is 22.1 Å². The molecule has 0 saturated heterocycles. The molecule has 0 radical (unpaired) electrons. The van der Waals surface area contributed by atoms with Crippen LogP contribution in [0, 0.1) is 0 Å². The third kappa shape index (κ3) is 6.76. The summed E-state index contributed by atoms with van der Waals surface area (Å²) < 4.78 is 40.3. The second-order valence-electron chi connectivity index (χ2n) is 6.12. The van der Waals surface area contributed by atoms with Crippen LogP contribution in [0.15, 0.2) is 60.8 Å². The first-order chi connectivity index (χ1) is 13.8. The zero-order valence-corrected chi connectivity index (χ0v) is 15.7. The number of ether oxygens (including phenoxy) is 1. The van der Waals surface area contributed by atoms with E-state index in [1.54, 1.807) is 6.07 Å². The van der Waals surface area contributed by atoms with Gasteiger partial charge in [0.05, 0.1) is 0 Å². The molecule has 29 heavy (non-hydrogen) atoms. The lowest BCUT2D eigenvalue weighted by Crippen LogP contribution is -2.17. The topological polar surface area (TPSA) is 64.1 Å². The number of nitrogens with zero attached hydrogens (tertiary/aromatic N) is 2. The minimum atomic E-state index is -4.74. The van der Waals surface area contributed by atoms with E-state index in [9.17, 15) is 18.0 Å². The Labute approximate surface area is 169 Å². The van der Waals surface area contributed by atoms with E-state index in [4.69, 9.17) is 11.6 Å². The number of benzene rings is 2. The molecule has 1 heterocycles. The Morgan fingerprint density at radius 1 is 0.966 bits per heavy atom. The number of halogens is 4. The number of carbonyl (C=O) groups is 1. The normalized spacial score (nSPS) is 11.2. The van der Waals surface area contributed by atoms with E-state index in [2.05, 4.69) is 20.0 Å². The average molecular weight is 422 g/mol. The summed E-state index contributed by atoms with van der Waals surface area (Å²) in [7, 11) is 0. The first kappa shape index (κ1) is 20.6. The van der Waals surface area contributed by atoms with Gasteiger partial charge >= 0.3 is 6.36 Å². The highest BCUT2D eigenvalue weighted by Crippen LogP contribution is 2.23. The quantitative estimate of drug-likeness (QED) is 0.536. The lowest BCUT2D eigenvalue weighted by Gasteiger charge is -2.09. The van der Waals surface area contributed by atoms with E-state index in [1.165, 1.54) is 30.5 Å². The summed E-state index contributed by atoms with van der Waals surface area (Å²) in [5.41, 5.74) is 2.21. The number of hydrogen-bond donors (Lipinski definition) is 1. The fraction of sp³-hybridized carbons (Fsp3) is 0.150. The van der Waals surface area contributed by atoms with E-state index in [0.717, 1.165) is 11.3 Å². The number of aromatic nitrogens is 2. The number of anilines is 2. The summed E-state index contributed by atoms with van der Waals surface area (Å²) in [5, 5.41) is 3.21. The van der Waals surface area contributed by atoms with Gasteiger partial charge in [-0.05, 0) is 53.1 Å². The van der Waals surface area contributed by atoms with Gasteiger partial charge in [0.1, 0.15) is 17.4 Å². The maximum absolute atomic E-state index is 12.3. The van der Waals surface area contributed by atoms with Gasteiger partial charge in [0, 0.05) is 24.7 Å². The molecule has 2 aromatic carbocycles. The van der Waals surface area contributed by atoms with Gasteiger partial charge in [-0.2, -0.15) is 0 Å².